The van der Waals surface area contributed by atoms with Crippen LogP contribution in [0.1, 0.15) is 41.1 Å². The number of nitrogens with one attached hydrogen (secondary N) is 1. The number of ketones is 2. The van der Waals surface area contributed by atoms with E-state index in [4.69, 9.17) is 23.2 Å². The number of halogens is 2. The summed E-state index contributed by atoms with van der Waals surface area (Å²) in [5.74, 6) is -1.60. The molecule has 31 heavy (non-hydrogen) atoms. The minimum absolute atomic E-state index is 0.111. The van der Waals surface area contributed by atoms with E-state index in [1.54, 1.807) is 66.7 Å². The molecule has 0 spiro atoms. The summed E-state index contributed by atoms with van der Waals surface area (Å²) in [6.45, 7) is 0. The molecule has 0 heterocycles. The molecular weight excluding hydrogens is 433 g/mol. The largest absolute Gasteiger partial charge is 0.325 e. The van der Waals surface area contributed by atoms with Crippen LogP contribution in [0, 0.1) is 0 Å². The van der Waals surface area contributed by atoms with Crippen LogP contribution in [-0.2, 0) is 9.59 Å². The zero-order chi connectivity index (χ0) is 22.2. The normalized spacial score (nSPS) is 11.5. The van der Waals surface area contributed by atoms with Crippen LogP contribution in [0.25, 0.3) is 0 Å². The molecule has 1 unspecified atom stereocenters. The van der Waals surface area contributed by atoms with Crippen LogP contribution in [0.5, 0.6) is 0 Å². The Morgan fingerprint density at radius 3 is 2.10 bits per heavy atom. The average molecular weight is 454 g/mol. The molecule has 3 aromatic rings. The van der Waals surface area contributed by atoms with Gasteiger partial charge in [-0.1, -0.05) is 83.9 Å². The highest BCUT2D eigenvalue weighted by molar-refractivity contribution is 6.36. The van der Waals surface area contributed by atoms with Gasteiger partial charge in [0.25, 0.3) is 0 Å². The monoisotopic (exact) mass is 453 g/mol. The predicted octanol–water partition coefficient (Wildman–Crippen LogP) is 6.34. The van der Waals surface area contributed by atoms with Crippen LogP contribution in [0.2, 0.25) is 10.0 Å². The van der Waals surface area contributed by atoms with Crippen molar-refractivity contribution in [3.63, 3.8) is 0 Å². The van der Waals surface area contributed by atoms with Crippen molar-refractivity contribution in [3.05, 3.63) is 100 Å². The van der Waals surface area contributed by atoms with Crippen molar-refractivity contribution >= 4 is 46.4 Å². The Morgan fingerprint density at radius 2 is 1.45 bits per heavy atom. The fourth-order valence-electron chi connectivity index (χ4n) is 3.27. The number of carbonyl (C=O) groups excluding carboxylic acids is 3. The molecule has 0 saturated heterocycles. The zero-order valence-corrected chi connectivity index (χ0v) is 18.2. The first-order chi connectivity index (χ1) is 15.0. The van der Waals surface area contributed by atoms with Gasteiger partial charge in [-0.25, -0.2) is 0 Å². The van der Waals surface area contributed by atoms with E-state index in [0.717, 1.165) is 0 Å². The van der Waals surface area contributed by atoms with Gasteiger partial charge in [-0.3, -0.25) is 14.4 Å². The van der Waals surface area contributed by atoms with Gasteiger partial charge in [0, 0.05) is 23.4 Å². The minimum atomic E-state index is -0.891. The number of Topliss-reactive ketones (excluding diaryl/α,β-unsaturated/α-hetero) is 2. The van der Waals surface area contributed by atoms with Gasteiger partial charge in [0.05, 0.1) is 10.7 Å². The van der Waals surface area contributed by atoms with Crippen molar-refractivity contribution in [2.24, 2.45) is 0 Å². The fourth-order valence-corrected chi connectivity index (χ4v) is 3.72. The Bertz CT molecular complexity index is 1070. The lowest BCUT2D eigenvalue weighted by Gasteiger charge is -2.15. The Balaban J connectivity index is 1.64. The van der Waals surface area contributed by atoms with E-state index < -0.39 is 5.92 Å². The van der Waals surface area contributed by atoms with Crippen LogP contribution in [0.15, 0.2) is 78.9 Å². The molecule has 158 valence electrons. The highest BCUT2D eigenvalue weighted by Crippen LogP contribution is 2.26. The van der Waals surface area contributed by atoms with Crippen LogP contribution in [0.4, 0.5) is 5.69 Å². The lowest BCUT2D eigenvalue weighted by atomic mass is 9.85. The molecule has 0 aliphatic carbocycles. The fraction of sp³-hybridized carbons (Fsp3) is 0.160. The number of anilines is 1. The van der Waals surface area contributed by atoms with E-state index in [1.165, 1.54) is 0 Å². The third kappa shape index (κ3) is 6.27. The maximum absolute atomic E-state index is 13.1. The van der Waals surface area contributed by atoms with Crippen molar-refractivity contribution in [3.8, 4) is 0 Å². The highest BCUT2D eigenvalue weighted by atomic mass is 35.5. The third-order valence-electron chi connectivity index (χ3n) is 4.81. The molecule has 0 aromatic heterocycles. The third-order valence-corrected chi connectivity index (χ3v) is 5.36. The average Bonchev–Trinajstić information content (AvgIpc) is 2.77. The summed E-state index contributed by atoms with van der Waals surface area (Å²) in [7, 11) is 0. The Morgan fingerprint density at radius 1 is 0.806 bits per heavy atom. The number of rotatable bonds is 9. The summed E-state index contributed by atoms with van der Waals surface area (Å²) in [5.41, 5.74) is 1.60. The van der Waals surface area contributed by atoms with Gasteiger partial charge in [0.1, 0.15) is 11.7 Å². The smallest absolute Gasteiger partial charge is 0.224 e. The van der Waals surface area contributed by atoms with Crippen molar-refractivity contribution in [2.75, 3.05) is 5.32 Å². The predicted molar refractivity (Wildman–Crippen MR) is 124 cm³/mol. The molecule has 0 aliphatic heterocycles. The highest BCUT2D eigenvalue weighted by Gasteiger charge is 2.28. The molecule has 0 aliphatic rings. The lowest BCUT2D eigenvalue weighted by Crippen LogP contribution is -2.23. The van der Waals surface area contributed by atoms with Crippen molar-refractivity contribution in [1.29, 1.82) is 0 Å². The topological polar surface area (TPSA) is 63.2 Å². The molecule has 1 amide bonds. The van der Waals surface area contributed by atoms with E-state index in [9.17, 15) is 14.4 Å². The van der Waals surface area contributed by atoms with Gasteiger partial charge in [-0.15, -0.1) is 0 Å². The van der Waals surface area contributed by atoms with Crippen LogP contribution >= 0.6 is 23.2 Å². The molecular formula is C25H21Cl2NO3. The molecule has 0 fully saturated rings. The van der Waals surface area contributed by atoms with Gasteiger partial charge >= 0.3 is 0 Å². The summed E-state index contributed by atoms with van der Waals surface area (Å²) < 4.78 is 0. The summed E-state index contributed by atoms with van der Waals surface area (Å²) in [6.07, 6.45) is 0.562. The van der Waals surface area contributed by atoms with E-state index in [1.807, 2.05) is 12.1 Å². The molecule has 1 atom stereocenters. The number of hydrogen-bond donors (Lipinski definition) is 1. The molecule has 1 N–H and O–H groups in total. The summed E-state index contributed by atoms with van der Waals surface area (Å²) >= 11 is 11.9. The Labute approximate surface area is 191 Å². The van der Waals surface area contributed by atoms with Gasteiger partial charge in [0.15, 0.2) is 5.78 Å². The van der Waals surface area contributed by atoms with Gasteiger partial charge in [-0.05, 0) is 30.2 Å². The molecule has 3 aromatic carbocycles. The van der Waals surface area contributed by atoms with E-state index in [0.29, 0.717) is 33.3 Å². The maximum atomic E-state index is 13.1. The van der Waals surface area contributed by atoms with Gasteiger partial charge in [0.2, 0.25) is 5.91 Å². The molecule has 0 radical (unpaired) electrons. The second kappa shape index (κ2) is 10.9. The van der Waals surface area contributed by atoms with Crippen LogP contribution in [-0.4, -0.2) is 17.5 Å². The van der Waals surface area contributed by atoms with Gasteiger partial charge in [-0.2, -0.15) is 0 Å². The van der Waals surface area contributed by atoms with Crippen LogP contribution in [0.3, 0.4) is 0 Å². The summed E-state index contributed by atoms with van der Waals surface area (Å²) in [4.78, 5) is 38.3. The number of benzene rings is 3. The Hall–Kier alpha value is -2.95. The SMILES string of the molecule is O=C(CCCC(=O)C(C(=O)c1ccccc1)c1ccccc1)Nc1ccc(Cl)cc1Cl. The molecule has 0 bridgehead atoms. The number of carbonyl (C=O) groups is 3. The van der Waals surface area contributed by atoms with Crippen molar-refractivity contribution in [2.45, 2.75) is 25.2 Å². The summed E-state index contributed by atoms with van der Waals surface area (Å²) in [5, 5.41) is 3.53. The van der Waals surface area contributed by atoms with Crippen molar-refractivity contribution in [1.82, 2.24) is 0 Å². The number of amides is 1. The first-order valence-corrected chi connectivity index (χ1v) is 10.6. The molecule has 0 saturated carbocycles. The first kappa shape index (κ1) is 22.7. The molecule has 3 rings (SSSR count). The lowest BCUT2D eigenvalue weighted by molar-refractivity contribution is -0.119. The van der Waals surface area contributed by atoms with E-state index in [2.05, 4.69) is 5.32 Å². The molecule has 6 heteroatoms. The first-order valence-electron chi connectivity index (χ1n) is 9.87. The van der Waals surface area contributed by atoms with Gasteiger partial charge < -0.3 is 5.32 Å². The maximum Gasteiger partial charge on any atom is 0.224 e. The van der Waals surface area contributed by atoms with Crippen molar-refractivity contribution < 1.29 is 14.4 Å². The second-order valence-electron chi connectivity index (χ2n) is 7.07. The summed E-state index contributed by atoms with van der Waals surface area (Å²) in [6, 6.07) is 22.6. The zero-order valence-electron chi connectivity index (χ0n) is 16.7. The quantitative estimate of drug-likeness (QED) is 0.303. The Kier molecular flexibility index (Phi) is 7.99. The molecule has 4 nitrogen and oxygen atoms in total. The van der Waals surface area contributed by atoms with E-state index in [-0.39, 0.29) is 30.3 Å². The van der Waals surface area contributed by atoms with E-state index >= 15 is 0 Å². The standard InChI is InChI=1S/C25H21Cl2NO3/c26-19-14-15-21(20(27)16-19)28-23(30)13-7-12-22(29)24(17-8-3-1-4-9-17)25(31)18-10-5-2-6-11-18/h1-6,8-11,14-16,24H,7,12-13H2,(H,28,30). The van der Waals surface area contributed by atoms with Crippen LogP contribution < -0.4 is 5.32 Å². The minimum Gasteiger partial charge on any atom is -0.325 e. The second-order valence-corrected chi connectivity index (χ2v) is 7.91. The number of hydrogen-bond acceptors (Lipinski definition) is 3.